The summed E-state index contributed by atoms with van der Waals surface area (Å²) in [5, 5.41) is 2.74. The van der Waals surface area contributed by atoms with E-state index in [2.05, 4.69) is 10.0 Å². The van der Waals surface area contributed by atoms with Crippen LogP contribution < -0.4 is 24.2 Å². The van der Waals surface area contributed by atoms with Gasteiger partial charge in [0.1, 0.15) is 17.2 Å². The maximum absolute atomic E-state index is 12.6. The van der Waals surface area contributed by atoms with Gasteiger partial charge in [-0.1, -0.05) is 12.1 Å². The van der Waals surface area contributed by atoms with Crippen molar-refractivity contribution in [1.29, 1.82) is 0 Å². The standard InChI is InChI=1S/C23H24N2O6S/c1-16-7-12-22(30-3)21(13-16)24-23(26)15-31-18-8-10-20(11-9-18)32(27,28)25-17-5-4-6-19(14-17)29-2/h4-14,25H,15H2,1-3H3,(H,24,26). The molecule has 0 unspecified atom stereocenters. The van der Waals surface area contributed by atoms with E-state index in [4.69, 9.17) is 14.2 Å². The minimum absolute atomic E-state index is 0.0571. The van der Waals surface area contributed by atoms with Gasteiger partial charge in [0.05, 0.1) is 30.5 Å². The van der Waals surface area contributed by atoms with Crippen molar-refractivity contribution in [2.75, 3.05) is 30.9 Å². The minimum Gasteiger partial charge on any atom is -0.497 e. The van der Waals surface area contributed by atoms with E-state index in [-0.39, 0.29) is 17.4 Å². The fraction of sp³-hybridized carbons (Fsp3) is 0.174. The van der Waals surface area contributed by atoms with Crippen LogP contribution in [0.4, 0.5) is 11.4 Å². The molecule has 0 aliphatic heterocycles. The molecule has 0 fully saturated rings. The molecule has 9 heteroatoms. The maximum Gasteiger partial charge on any atom is 0.262 e. The third-order valence-electron chi connectivity index (χ3n) is 4.45. The Balaban J connectivity index is 1.60. The number of hydrogen-bond donors (Lipinski definition) is 2. The van der Waals surface area contributed by atoms with Crippen LogP contribution in [-0.2, 0) is 14.8 Å². The Hall–Kier alpha value is -3.72. The Kier molecular flexibility index (Phi) is 7.21. The van der Waals surface area contributed by atoms with E-state index in [1.165, 1.54) is 38.5 Å². The molecule has 3 rings (SSSR count). The van der Waals surface area contributed by atoms with E-state index in [9.17, 15) is 13.2 Å². The number of anilines is 2. The summed E-state index contributed by atoms with van der Waals surface area (Å²) in [6.07, 6.45) is 0. The number of amides is 1. The van der Waals surface area contributed by atoms with Crippen molar-refractivity contribution in [3.8, 4) is 17.2 Å². The van der Waals surface area contributed by atoms with Crippen LogP contribution in [0.15, 0.2) is 71.6 Å². The number of nitrogens with one attached hydrogen (secondary N) is 2. The molecule has 0 heterocycles. The van der Waals surface area contributed by atoms with Gasteiger partial charge in [-0.2, -0.15) is 0 Å². The fourth-order valence-electron chi connectivity index (χ4n) is 2.87. The highest BCUT2D eigenvalue weighted by molar-refractivity contribution is 7.92. The summed E-state index contributed by atoms with van der Waals surface area (Å²) in [7, 11) is -0.766. The van der Waals surface area contributed by atoms with Crippen LogP contribution in [0.3, 0.4) is 0 Å². The van der Waals surface area contributed by atoms with Crippen LogP contribution in [0.25, 0.3) is 0 Å². The van der Waals surface area contributed by atoms with Crippen LogP contribution in [0, 0.1) is 6.92 Å². The lowest BCUT2D eigenvalue weighted by molar-refractivity contribution is -0.118. The zero-order chi connectivity index (χ0) is 23.1. The first kappa shape index (κ1) is 23.0. The van der Waals surface area contributed by atoms with Gasteiger partial charge in [-0.05, 0) is 61.0 Å². The first-order valence-corrected chi connectivity index (χ1v) is 11.1. The van der Waals surface area contributed by atoms with Gasteiger partial charge in [-0.3, -0.25) is 9.52 Å². The predicted octanol–water partition coefficient (Wildman–Crippen LogP) is 3.83. The fourth-order valence-corrected chi connectivity index (χ4v) is 3.92. The number of benzene rings is 3. The third kappa shape index (κ3) is 5.92. The summed E-state index contributed by atoms with van der Waals surface area (Å²) in [5.41, 5.74) is 1.90. The van der Waals surface area contributed by atoms with Crippen LogP contribution in [-0.4, -0.2) is 35.2 Å². The second kappa shape index (κ2) is 10.1. The Labute approximate surface area is 187 Å². The molecule has 32 heavy (non-hydrogen) atoms. The zero-order valence-electron chi connectivity index (χ0n) is 17.9. The average molecular weight is 457 g/mol. The molecule has 0 aliphatic rings. The summed E-state index contributed by atoms with van der Waals surface area (Å²) < 4.78 is 43.5. The SMILES string of the molecule is COc1cccc(NS(=O)(=O)c2ccc(OCC(=O)Nc3cc(C)ccc3OC)cc2)c1. The molecule has 3 aromatic carbocycles. The number of ether oxygens (including phenoxy) is 3. The molecular weight excluding hydrogens is 432 g/mol. The van der Waals surface area contributed by atoms with Crippen molar-refractivity contribution in [2.45, 2.75) is 11.8 Å². The van der Waals surface area contributed by atoms with Crippen molar-refractivity contribution in [2.24, 2.45) is 0 Å². The van der Waals surface area contributed by atoms with Gasteiger partial charge in [0.2, 0.25) is 0 Å². The quantitative estimate of drug-likeness (QED) is 0.507. The number of rotatable bonds is 9. The highest BCUT2D eigenvalue weighted by Crippen LogP contribution is 2.25. The summed E-state index contributed by atoms with van der Waals surface area (Å²) >= 11 is 0. The Morgan fingerprint density at radius 2 is 1.66 bits per heavy atom. The minimum atomic E-state index is -3.79. The number of aryl methyl sites for hydroxylation is 1. The molecule has 0 aliphatic carbocycles. The summed E-state index contributed by atoms with van der Waals surface area (Å²) in [6.45, 7) is 1.66. The number of carbonyl (C=O) groups is 1. The van der Waals surface area contributed by atoms with Crippen molar-refractivity contribution >= 4 is 27.3 Å². The van der Waals surface area contributed by atoms with Gasteiger partial charge in [0.15, 0.2) is 6.61 Å². The second-order valence-electron chi connectivity index (χ2n) is 6.85. The highest BCUT2D eigenvalue weighted by Gasteiger charge is 2.15. The van der Waals surface area contributed by atoms with E-state index in [0.29, 0.717) is 28.6 Å². The first-order valence-electron chi connectivity index (χ1n) is 9.65. The third-order valence-corrected chi connectivity index (χ3v) is 5.85. The monoisotopic (exact) mass is 456 g/mol. The molecule has 1 amide bonds. The second-order valence-corrected chi connectivity index (χ2v) is 8.53. The Morgan fingerprint density at radius 3 is 2.34 bits per heavy atom. The molecule has 3 aromatic rings. The average Bonchev–Trinajstić information content (AvgIpc) is 2.78. The molecule has 168 valence electrons. The molecule has 0 saturated heterocycles. The number of methoxy groups -OCH3 is 2. The van der Waals surface area contributed by atoms with Gasteiger partial charge in [0.25, 0.3) is 15.9 Å². The zero-order valence-corrected chi connectivity index (χ0v) is 18.7. The molecular formula is C23H24N2O6S. The molecule has 0 aromatic heterocycles. The van der Waals surface area contributed by atoms with Crippen LogP contribution in [0.2, 0.25) is 0 Å². The predicted molar refractivity (Wildman–Crippen MR) is 122 cm³/mol. The summed E-state index contributed by atoms with van der Waals surface area (Å²) in [4.78, 5) is 12.3. The van der Waals surface area contributed by atoms with Gasteiger partial charge < -0.3 is 19.5 Å². The van der Waals surface area contributed by atoms with Gasteiger partial charge in [0, 0.05) is 6.07 Å². The van der Waals surface area contributed by atoms with Crippen molar-refractivity contribution in [3.05, 3.63) is 72.3 Å². The Bertz CT molecular complexity index is 1190. The lowest BCUT2D eigenvalue weighted by Gasteiger charge is -2.12. The highest BCUT2D eigenvalue weighted by atomic mass is 32.2. The van der Waals surface area contributed by atoms with E-state index in [1.54, 1.807) is 36.4 Å². The van der Waals surface area contributed by atoms with Crippen molar-refractivity contribution in [1.82, 2.24) is 0 Å². The van der Waals surface area contributed by atoms with E-state index >= 15 is 0 Å². The topological polar surface area (TPSA) is 103 Å². The number of sulfonamides is 1. The van der Waals surface area contributed by atoms with E-state index in [0.717, 1.165) is 5.56 Å². The summed E-state index contributed by atoms with van der Waals surface area (Å²) in [5.74, 6) is 1.07. The molecule has 0 spiro atoms. The normalized spacial score (nSPS) is 10.8. The van der Waals surface area contributed by atoms with Crippen LogP contribution >= 0.6 is 0 Å². The van der Waals surface area contributed by atoms with E-state index < -0.39 is 10.0 Å². The smallest absolute Gasteiger partial charge is 0.262 e. The molecule has 0 bridgehead atoms. The van der Waals surface area contributed by atoms with Crippen molar-refractivity contribution < 1.29 is 27.4 Å². The number of hydrogen-bond acceptors (Lipinski definition) is 6. The molecule has 2 N–H and O–H groups in total. The lowest BCUT2D eigenvalue weighted by atomic mass is 10.2. The van der Waals surface area contributed by atoms with Crippen LogP contribution in [0.1, 0.15) is 5.56 Å². The molecule has 8 nitrogen and oxygen atoms in total. The largest absolute Gasteiger partial charge is 0.497 e. The maximum atomic E-state index is 12.6. The number of carbonyl (C=O) groups excluding carboxylic acids is 1. The van der Waals surface area contributed by atoms with Crippen LogP contribution in [0.5, 0.6) is 17.2 Å². The van der Waals surface area contributed by atoms with Gasteiger partial charge in [-0.25, -0.2) is 8.42 Å². The first-order chi connectivity index (χ1) is 15.3. The van der Waals surface area contributed by atoms with Gasteiger partial charge in [-0.15, -0.1) is 0 Å². The molecule has 0 atom stereocenters. The molecule has 0 radical (unpaired) electrons. The lowest BCUT2D eigenvalue weighted by Crippen LogP contribution is -2.20. The molecule has 0 saturated carbocycles. The van der Waals surface area contributed by atoms with Gasteiger partial charge >= 0.3 is 0 Å². The summed E-state index contributed by atoms with van der Waals surface area (Å²) in [6, 6.07) is 17.8. The Morgan fingerprint density at radius 1 is 0.906 bits per heavy atom. The van der Waals surface area contributed by atoms with E-state index in [1.807, 2.05) is 13.0 Å². The van der Waals surface area contributed by atoms with Crippen molar-refractivity contribution in [3.63, 3.8) is 0 Å².